The predicted octanol–water partition coefficient (Wildman–Crippen LogP) is 16.5. The lowest BCUT2D eigenvalue weighted by Gasteiger charge is -2.46. The van der Waals surface area contributed by atoms with Gasteiger partial charge in [-0.05, 0) is 128 Å². The van der Waals surface area contributed by atoms with Crippen molar-refractivity contribution in [3.63, 3.8) is 0 Å². The Morgan fingerprint density at radius 3 is 1.25 bits per heavy atom. The predicted molar refractivity (Wildman–Crippen MR) is 285 cm³/mol. The van der Waals surface area contributed by atoms with Gasteiger partial charge >= 0.3 is 0 Å². The van der Waals surface area contributed by atoms with E-state index in [4.69, 9.17) is 0 Å². The van der Waals surface area contributed by atoms with Gasteiger partial charge in [0.05, 0.1) is 27.5 Å². The first-order valence-corrected chi connectivity index (χ1v) is 23.4. The van der Waals surface area contributed by atoms with Crippen molar-refractivity contribution in [3.05, 3.63) is 270 Å². The van der Waals surface area contributed by atoms with Crippen LogP contribution in [0.4, 0.5) is 5.69 Å². The number of benzene rings is 9. The second kappa shape index (κ2) is 17.0. The molecule has 3 heterocycles. The second-order valence-corrected chi connectivity index (χ2v) is 17.7. The highest BCUT2D eigenvalue weighted by atomic mass is 15.1. The molecule has 3 heteroatoms. The van der Waals surface area contributed by atoms with Crippen molar-refractivity contribution in [2.45, 2.75) is 33.1 Å². The Bertz CT molecular complexity index is 3490. The summed E-state index contributed by atoms with van der Waals surface area (Å²) in [5.74, 6) is 0. The summed E-state index contributed by atoms with van der Waals surface area (Å²) in [4.78, 5) is 2.33. The molecular weight excluding hydrogens is 811 g/mol. The van der Waals surface area contributed by atoms with Gasteiger partial charge in [-0.3, -0.25) is 0 Å². The summed E-state index contributed by atoms with van der Waals surface area (Å²) < 4.78 is 4.67. The maximum atomic E-state index is 2.34. The van der Waals surface area contributed by atoms with E-state index >= 15 is 0 Å². The lowest BCUT2D eigenvalue weighted by atomic mass is 9.63. The molecule has 11 aromatic rings. The van der Waals surface area contributed by atoms with Crippen LogP contribution in [0.25, 0.3) is 66.1 Å². The van der Waals surface area contributed by atoms with E-state index in [2.05, 4.69) is 279 Å². The van der Waals surface area contributed by atoms with Gasteiger partial charge in [-0.1, -0.05) is 175 Å². The second-order valence-electron chi connectivity index (χ2n) is 17.7. The van der Waals surface area contributed by atoms with Crippen LogP contribution in [-0.2, 0) is 5.41 Å². The molecule has 1 spiro atoms. The summed E-state index contributed by atoms with van der Waals surface area (Å²) in [6.45, 7) is 8.61. The van der Waals surface area contributed by atoms with E-state index < -0.39 is 0 Å². The third-order valence-electron chi connectivity index (χ3n) is 13.9. The Morgan fingerprint density at radius 1 is 0.373 bits per heavy atom. The Morgan fingerprint density at radius 2 is 0.776 bits per heavy atom. The van der Waals surface area contributed by atoms with Gasteiger partial charge in [0.1, 0.15) is 0 Å². The van der Waals surface area contributed by atoms with Crippen molar-refractivity contribution in [2.24, 2.45) is 0 Å². The van der Waals surface area contributed by atoms with Crippen LogP contribution in [0.3, 0.4) is 0 Å². The number of hydrogen-bond acceptors (Lipinski definition) is 1. The topological polar surface area (TPSA) is 13.1 Å². The molecule has 0 bridgehead atoms. The fourth-order valence-corrected chi connectivity index (χ4v) is 11.1. The average Bonchev–Trinajstić information content (AvgIpc) is 4.00. The number of aromatic nitrogens is 2. The number of hydrogen-bond donors (Lipinski definition) is 0. The van der Waals surface area contributed by atoms with Crippen LogP contribution in [-0.4, -0.2) is 16.2 Å². The first-order valence-electron chi connectivity index (χ1n) is 23.4. The zero-order valence-corrected chi connectivity index (χ0v) is 38.8. The number of likely N-dealkylation sites (N-methyl/N-ethyl adjacent to an activating group) is 1. The van der Waals surface area contributed by atoms with E-state index in [0.29, 0.717) is 0 Å². The van der Waals surface area contributed by atoms with Crippen molar-refractivity contribution in [1.82, 2.24) is 9.13 Å². The molecule has 13 rings (SSSR count). The van der Waals surface area contributed by atoms with Crippen LogP contribution in [0.15, 0.2) is 242 Å². The van der Waals surface area contributed by atoms with E-state index in [-0.39, 0.29) is 5.41 Å². The summed E-state index contributed by atoms with van der Waals surface area (Å²) >= 11 is 0. The SMILES string of the molecule is C/C=C1\C(=C/C)N(C)c2ccccc2C12c1ccccc1-c1ccccc12.Cc1ccc2c(c1)c1ccccc1n2-c1ccccc1.Cc1ccc2c(c1)c1ccccc1n2-c1ccccc1. The number of para-hydroxylation sites is 5. The molecule has 0 radical (unpaired) electrons. The third-order valence-corrected chi connectivity index (χ3v) is 13.9. The average molecular weight is 864 g/mol. The van der Waals surface area contributed by atoms with Crippen molar-refractivity contribution in [1.29, 1.82) is 0 Å². The van der Waals surface area contributed by atoms with Gasteiger partial charge in [0, 0.05) is 51.4 Å². The maximum Gasteiger partial charge on any atom is 0.0750 e. The fourth-order valence-electron chi connectivity index (χ4n) is 11.1. The highest BCUT2D eigenvalue weighted by Crippen LogP contribution is 2.61. The molecule has 67 heavy (non-hydrogen) atoms. The minimum Gasteiger partial charge on any atom is -0.344 e. The number of aryl methyl sites for hydroxylation is 2. The molecule has 0 atom stereocenters. The van der Waals surface area contributed by atoms with Crippen molar-refractivity contribution in [2.75, 3.05) is 11.9 Å². The van der Waals surface area contributed by atoms with Gasteiger partial charge < -0.3 is 14.0 Å². The van der Waals surface area contributed by atoms with Gasteiger partial charge in [-0.2, -0.15) is 0 Å². The van der Waals surface area contributed by atoms with E-state index in [0.717, 1.165) is 0 Å². The zero-order chi connectivity index (χ0) is 45.6. The van der Waals surface area contributed by atoms with Crippen LogP contribution in [0.2, 0.25) is 0 Å². The van der Waals surface area contributed by atoms with E-state index in [1.165, 1.54) is 111 Å². The van der Waals surface area contributed by atoms with Gasteiger partial charge in [0.25, 0.3) is 0 Å². The molecule has 3 nitrogen and oxygen atoms in total. The Kier molecular flexibility index (Phi) is 10.6. The van der Waals surface area contributed by atoms with Crippen molar-refractivity contribution >= 4 is 49.3 Å². The Balaban J connectivity index is 0.000000113. The molecule has 9 aromatic carbocycles. The normalized spacial score (nSPS) is 14.5. The van der Waals surface area contributed by atoms with Gasteiger partial charge in [0.15, 0.2) is 0 Å². The standard InChI is InChI=1S/C26H23N.2C19H15N/c1-4-20-24(5-2)27(3)25-17-11-10-16-23(25)26(20)21-14-8-6-12-18(21)19-13-7-9-15-22(19)26;2*1-14-11-12-19-17(13-14)16-9-5-6-10-18(16)20(19)15-7-3-2-4-8-15/h4-17H,1-3H3;2*2-13H,1H3/b20-4+,24-5+;;. The van der Waals surface area contributed by atoms with Gasteiger partial charge in [-0.15, -0.1) is 0 Å². The Labute approximate surface area is 393 Å². The molecule has 0 saturated carbocycles. The smallest absolute Gasteiger partial charge is 0.0750 e. The highest BCUT2D eigenvalue weighted by molar-refractivity contribution is 6.10. The minimum absolute atomic E-state index is 0.257. The molecule has 1 aliphatic carbocycles. The molecule has 2 aliphatic rings. The molecule has 0 N–H and O–H groups in total. The van der Waals surface area contributed by atoms with E-state index in [1.54, 1.807) is 0 Å². The number of allylic oxidation sites excluding steroid dienone is 3. The molecule has 0 amide bonds. The highest BCUT2D eigenvalue weighted by Gasteiger charge is 2.51. The number of rotatable bonds is 2. The summed E-state index contributed by atoms with van der Waals surface area (Å²) in [5, 5.41) is 5.28. The Hall–Kier alpha value is -8.14. The summed E-state index contributed by atoms with van der Waals surface area (Å²) in [5.41, 5.74) is 20.6. The molecule has 2 aromatic heterocycles. The van der Waals surface area contributed by atoms with Crippen LogP contribution in [0.5, 0.6) is 0 Å². The largest absolute Gasteiger partial charge is 0.344 e. The number of anilines is 1. The fraction of sp³-hybridized carbons (Fsp3) is 0.0938. The summed E-state index contributed by atoms with van der Waals surface area (Å²) in [6, 6.07) is 78.4. The van der Waals surface area contributed by atoms with Crippen molar-refractivity contribution in [3.8, 4) is 22.5 Å². The lowest BCUT2D eigenvalue weighted by molar-refractivity contribution is 0.717. The summed E-state index contributed by atoms with van der Waals surface area (Å²) in [6.07, 6.45) is 4.55. The van der Waals surface area contributed by atoms with Crippen LogP contribution in [0, 0.1) is 13.8 Å². The molecule has 1 aliphatic heterocycles. The molecule has 0 saturated heterocycles. The van der Waals surface area contributed by atoms with Gasteiger partial charge in [-0.25, -0.2) is 0 Å². The monoisotopic (exact) mass is 863 g/mol. The molecule has 0 fully saturated rings. The van der Waals surface area contributed by atoms with Crippen LogP contribution < -0.4 is 4.90 Å². The van der Waals surface area contributed by atoms with Crippen LogP contribution in [0.1, 0.15) is 41.7 Å². The molecule has 324 valence electrons. The van der Waals surface area contributed by atoms with Crippen LogP contribution >= 0.6 is 0 Å². The first-order chi connectivity index (χ1) is 32.9. The summed E-state index contributed by atoms with van der Waals surface area (Å²) in [7, 11) is 2.18. The first kappa shape index (κ1) is 41.6. The van der Waals surface area contributed by atoms with Gasteiger partial charge in [0.2, 0.25) is 0 Å². The van der Waals surface area contributed by atoms with Crippen molar-refractivity contribution < 1.29 is 0 Å². The number of fused-ring (bicyclic) bond motifs is 13. The zero-order valence-electron chi connectivity index (χ0n) is 38.8. The van der Waals surface area contributed by atoms with E-state index in [9.17, 15) is 0 Å². The number of nitrogens with zero attached hydrogens (tertiary/aromatic N) is 3. The lowest BCUT2D eigenvalue weighted by Crippen LogP contribution is -2.40. The maximum absolute atomic E-state index is 2.34. The molecule has 0 unspecified atom stereocenters. The van der Waals surface area contributed by atoms with E-state index in [1.807, 2.05) is 0 Å². The molecular formula is C64H53N3. The third kappa shape index (κ3) is 6.64. The quantitative estimate of drug-likeness (QED) is 0.169. The minimum atomic E-state index is -0.257.